The van der Waals surface area contributed by atoms with E-state index < -0.39 is 0 Å². The van der Waals surface area contributed by atoms with Gasteiger partial charge < -0.3 is 4.84 Å². The minimum Gasteiger partial charge on any atom is -0.419 e. The van der Waals surface area contributed by atoms with Crippen molar-refractivity contribution in [2.45, 2.75) is 0 Å². The molecule has 1 aromatic heterocycles. The molecule has 1 heterocycles. The number of thiazole rings is 1. The van der Waals surface area contributed by atoms with Crippen LogP contribution in [0.25, 0.3) is 6.08 Å². The minimum atomic E-state index is 0.511. The van der Waals surface area contributed by atoms with Crippen molar-refractivity contribution in [3.05, 3.63) is 21.8 Å². The predicted molar refractivity (Wildman–Crippen MR) is 41.4 cm³/mol. The largest absolute Gasteiger partial charge is 0.419 e. The SMILES string of the molecule is NO/C=C/c1cnc(Cl)s1. The van der Waals surface area contributed by atoms with Crippen molar-refractivity contribution < 1.29 is 4.84 Å². The third-order valence-corrected chi connectivity index (χ3v) is 1.89. The maximum atomic E-state index is 5.54. The molecule has 10 heavy (non-hydrogen) atoms. The molecular formula is C5H5ClN2OS. The standard InChI is InChI=1S/C5H5ClN2OS/c6-5-8-3-4(10-5)1-2-9-7/h1-3H,7H2/b2-1+. The summed E-state index contributed by atoms with van der Waals surface area (Å²) < 4.78 is 0.511. The molecule has 0 aliphatic heterocycles. The van der Waals surface area contributed by atoms with Gasteiger partial charge in [-0.15, -0.1) is 11.3 Å². The van der Waals surface area contributed by atoms with Crippen molar-refractivity contribution in [1.82, 2.24) is 4.98 Å². The van der Waals surface area contributed by atoms with E-state index in [0.717, 1.165) is 4.88 Å². The summed E-state index contributed by atoms with van der Waals surface area (Å²) in [6.45, 7) is 0. The van der Waals surface area contributed by atoms with Crippen LogP contribution in [-0.2, 0) is 4.84 Å². The summed E-state index contributed by atoms with van der Waals surface area (Å²) >= 11 is 6.90. The lowest BCUT2D eigenvalue weighted by molar-refractivity contribution is 0.264. The Kier molecular flexibility index (Phi) is 2.68. The van der Waals surface area contributed by atoms with Gasteiger partial charge in [-0.2, -0.15) is 5.90 Å². The Bertz CT molecular complexity index is 235. The first-order chi connectivity index (χ1) is 4.83. The van der Waals surface area contributed by atoms with E-state index >= 15 is 0 Å². The van der Waals surface area contributed by atoms with E-state index in [4.69, 9.17) is 17.5 Å². The van der Waals surface area contributed by atoms with Crippen LogP contribution >= 0.6 is 22.9 Å². The molecule has 0 aromatic carbocycles. The molecule has 1 aromatic rings. The Morgan fingerprint density at radius 1 is 1.80 bits per heavy atom. The fraction of sp³-hybridized carbons (Fsp3) is 0. The Morgan fingerprint density at radius 2 is 2.60 bits per heavy atom. The van der Waals surface area contributed by atoms with E-state index in [2.05, 4.69) is 9.82 Å². The average molecular weight is 177 g/mol. The fourth-order valence-electron chi connectivity index (χ4n) is 0.448. The van der Waals surface area contributed by atoms with Crippen molar-refractivity contribution in [1.29, 1.82) is 0 Å². The topological polar surface area (TPSA) is 48.1 Å². The lowest BCUT2D eigenvalue weighted by atomic mass is 10.5. The lowest BCUT2D eigenvalue weighted by Crippen LogP contribution is -1.86. The first kappa shape index (κ1) is 7.53. The van der Waals surface area contributed by atoms with Crippen LogP contribution in [0.2, 0.25) is 4.47 Å². The van der Waals surface area contributed by atoms with Gasteiger partial charge in [-0.1, -0.05) is 11.6 Å². The lowest BCUT2D eigenvalue weighted by Gasteiger charge is -1.81. The summed E-state index contributed by atoms with van der Waals surface area (Å²) in [6, 6.07) is 0. The maximum absolute atomic E-state index is 5.54. The molecule has 0 bridgehead atoms. The van der Waals surface area contributed by atoms with Gasteiger partial charge in [-0.05, 0) is 6.08 Å². The third kappa shape index (κ3) is 1.98. The monoisotopic (exact) mass is 176 g/mol. The normalized spacial score (nSPS) is 10.6. The second kappa shape index (κ2) is 3.55. The highest BCUT2D eigenvalue weighted by Crippen LogP contribution is 2.18. The summed E-state index contributed by atoms with van der Waals surface area (Å²) in [5.41, 5.74) is 0. The van der Waals surface area contributed by atoms with Crippen LogP contribution in [0.5, 0.6) is 0 Å². The van der Waals surface area contributed by atoms with Crippen molar-refractivity contribution in [3.63, 3.8) is 0 Å². The zero-order valence-electron chi connectivity index (χ0n) is 4.95. The Balaban J connectivity index is 2.67. The molecule has 0 aliphatic carbocycles. The molecule has 0 atom stereocenters. The zero-order valence-corrected chi connectivity index (χ0v) is 6.52. The molecule has 1 rings (SSSR count). The highest BCUT2D eigenvalue weighted by atomic mass is 35.5. The molecule has 0 saturated carbocycles. The predicted octanol–water partition coefficient (Wildman–Crippen LogP) is 1.66. The van der Waals surface area contributed by atoms with Crippen LogP contribution in [0.3, 0.4) is 0 Å². The van der Waals surface area contributed by atoms with Crippen molar-refractivity contribution in [2.75, 3.05) is 0 Å². The van der Waals surface area contributed by atoms with E-state index in [-0.39, 0.29) is 0 Å². The zero-order chi connectivity index (χ0) is 7.40. The maximum Gasteiger partial charge on any atom is 0.184 e. The second-order valence-electron chi connectivity index (χ2n) is 1.45. The minimum absolute atomic E-state index is 0.511. The van der Waals surface area contributed by atoms with E-state index in [9.17, 15) is 0 Å². The van der Waals surface area contributed by atoms with Crippen LogP contribution in [0, 0.1) is 0 Å². The number of hydrogen-bond acceptors (Lipinski definition) is 4. The average Bonchev–Trinajstić information content (AvgIpc) is 2.31. The molecule has 0 unspecified atom stereocenters. The molecule has 0 saturated heterocycles. The Morgan fingerprint density at radius 3 is 3.10 bits per heavy atom. The van der Waals surface area contributed by atoms with Crippen LogP contribution in [0.1, 0.15) is 4.88 Å². The van der Waals surface area contributed by atoms with Crippen LogP contribution in [0.15, 0.2) is 12.5 Å². The highest BCUT2D eigenvalue weighted by molar-refractivity contribution is 7.16. The Hall–Kier alpha value is -0.580. The van der Waals surface area contributed by atoms with Gasteiger partial charge in [-0.3, -0.25) is 0 Å². The van der Waals surface area contributed by atoms with Gasteiger partial charge in [0.15, 0.2) is 4.47 Å². The first-order valence-corrected chi connectivity index (χ1v) is 3.66. The Labute approximate surface area is 67.0 Å². The molecule has 54 valence electrons. The number of nitrogens with two attached hydrogens (primary N) is 1. The molecular weight excluding hydrogens is 172 g/mol. The third-order valence-electron chi connectivity index (χ3n) is 0.806. The highest BCUT2D eigenvalue weighted by Gasteiger charge is 1.92. The molecule has 5 heteroatoms. The quantitative estimate of drug-likeness (QED) is 0.551. The van der Waals surface area contributed by atoms with Crippen LogP contribution < -0.4 is 5.90 Å². The van der Waals surface area contributed by atoms with E-state index in [1.165, 1.54) is 17.6 Å². The van der Waals surface area contributed by atoms with Crippen molar-refractivity contribution >= 4 is 29.0 Å². The molecule has 0 amide bonds. The molecule has 0 spiro atoms. The number of nitrogens with zero attached hydrogens (tertiary/aromatic N) is 1. The number of hydrogen-bond donors (Lipinski definition) is 1. The van der Waals surface area contributed by atoms with E-state index in [1.54, 1.807) is 12.3 Å². The van der Waals surface area contributed by atoms with Gasteiger partial charge in [0.25, 0.3) is 0 Å². The van der Waals surface area contributed by atoms with Crippen molar-refractivity contribution in [3.8, 4) is 0 Å². The number of halogens is 1. The first-order valence-electron chi connectivity index (χ1n) is 2.46. The van der Waals surface area contributed by atoms with Gasteiger partial charge in [-0.25, -0.2) is 4.98 Å². The summed E-state index contributed by atoms with van der Waals surface area (Å²) in [5, 5.41) is 0. The van der Waals surface area contributed by atoms with Crippen LogP contribution in [-0.4, -0.2) is 4.98 Å². The molecule has 0 radical (unpaired) electrons. The van der Waals surface area contributed by atoms with Gasteiger partial charge in [0.1, 0.15) is 6.26 Å². The van der Waals surface area contributed by atoms with Gasteiger partial charge in [0.2, 0.25) is 0 Å². The second-order valence-corrected chi connectivity index (χ2v) is 3.10. The number of aromatic nitrogens is 1. The number of rotatable bonds is 2. The summed E-state index contributed by atoms with van der Waals surface area (Å²) in [7, 11) is 0. The van der Waals surface area contributed by atoms with E-state index in [1.807, 2.05) is 0 Å². The van der Waals surface area contributed by atoms with E-state index in [0.29, 0.717) is 4.47 Å². The molecule has 0 aliphatic rings. The smallest absolute Gasteiger partial charge is 0.184 e. The fourth-order valence-corrected chi connectivity index (χ4v) is 1.29. The molecule has 2 N–H and O–H groups in total. The summed E-state index contributed by atoms with van der Waals surface area (Å²) in [6.07, 6.45) is 4.69. The van der Waals surface area contributed by atoms with Gasteiger partial charge in [0, 0.05) is 6.20 Å². The molecule has 0 fully saturated rings. The van der Waals surface area contributed by atoms with Crippen molar-refractivity contribution in [2.24, 2.45) is 5.90 Å². The van der Waals surface area contributed by atoms with Gasteiger partial charge in [0.05, 0.1) is 4.88 Å². The summed E-state index contributed by atoms with van der Waals surface area (Å²) in [4.78, 5) is 8.93. The van der Waals surface area contributed by atoms with Gasteiger partial charge >= 0.3 is 0 Å². The summed E-state index contributed by atoms with van der Waals surface area (Å²) in [5.74, 6) is 4.75. The molecule has 3 nitrogen and oxygen atoms in total. The van der Waals surface area contributed by atoms with Crippen LogP contribution in [0.4, 0.5) is 0 Å².